The number of carbonyl (C=O) groups excluding carboxylic acids is 2. The lowest BCUT2D eigenvalue weighted by molar-refractivity contribution is -0.133. The smallest absolute Gasteiger partial charge is 0.325 e. The summed E-state index contributed by atoms with van der Waals surface area (Å²) >= 11 is 0. The molecule has 0 aliphatic carbocycles. The second kappa shape index (κ2) is 9.47. The summed E-state index contributed by atoms with van der Waals surface area (Å²) in [5.41, 5.74) is 1.36. The van der Waals surface area contributed by atoms with E-state index in [2.05, 4.69) is 5.32 Å². The zero-order valence-corrected chi connectivity index (χ0v) is 18.2. The van der Waals surface area contributed by atoms with Crippen LogP contribution < -0.4 is 10.1 Å². The molecule has 0 saturated carbocycles. The van der Waals surface area contributed by atoms with Gasteiger partial charge in [0.1, 0.15) is 29.8 Å². The van der Waals surface area contributed by atoms with E-state index in [0.717, 1.165) is 22.4 Å². The molecule has 6 nitrogen and oxygen atoms in total. The van der Waals surface area contributed by atoms with Crippen molar-refractivity contribution in [3.8, 4) is 5.75 Å². The van der Waals surface area contributed by atoms with Crippen LogP contribution in [-0.2, 0) is 10.3 Å². The summed E-state index contributed by atoms with van der Waals surface area (Å²) in [6.07, 6.45) is 0.880. The Hall–Kier alpha value is -2.93. The largest absolute Gasteiger partial charge is 0.491 e. The minimum Gasteiger partial charge on any atom is -0.491 e. The quantitative estimate of drug-likeness (QED) is 0.595. The fraction of sp³-hybridized carbons (Fsp3) is 0.417. The number of rotatable bonds is 9. The zero-order valence-electron chi connectivity index (χ0n) is 18.2. The number of imide groups is 1. The van der Waals surface area contributed by atoms with Crippen LogP contribution in [0.4, 0.5) is 9.18 Å². The summed E-state index contributed by atoms with van der Waals surface area (Å²) in [5.74, 6) is -0.234. The molecule has 1 aliphatic heterocycles. The van der Waals surface area contributed by atoms with E-state index in [4.69, 9.17) is 4.74 Å². The van der Waals surface area contributed by atoms with E-state index in [1.165, 1.54) is 24.3 Å². The Balaban J connectivity index is 1.73. The van der Waals surface area contributed by atoms with Gasteiger partial charge in [-0.05, 0) is 61.2 Å². The second-order valence-corrected chi connectivity index (χ2v) is 8.15. The summed E-state index contributed by atoms with van der Waals surface area (Å²) < 4.78 is 19.1. The number of hydrogen-bond donors (Lipinski definition) is 2. The average molecular weight is 429 g/mol. The molecule has 2 atom stereocenters. The van der Waals surface area contributed by atoms with Crippen LogP contribution in [-0.4, -0.2) is 41.2 Å². The summed E-state index contributed by atoms with van der Waals surface area (Å²) in [4.78, 5) is 27.0. The first kappa shape index (κ1) is 22.7. The molecule has 1 aliphatic rings. The van der Waals surface area contributed by atoms with E-state index >= 15 is 0 Å². The van der Waals surface area contributed by atoms with Gasteiger partial charge in [0.15, 0.2) is 0 Å². The van der Waals surface area contributed by atoms with Gasteiger partial charge in [0.2, 0.25) is 0 Å². The van der Waals surface area contributed by atoms with Crippen molar-refractivity contribution < 1.29 is 23.8 Å². The number of aliphatic hydroxyl groups is 1. The first-order valence-electron chi connectivity index (χ1n) is 10.5. The van der Waals surface area contributed by atoms with Gasteiger partial charge in [0.05, 0.1) is 6.54 Å². The van der Waals surface area contributed by atoms with Gasteiger partial charge < -0.3 is 15.2 Å². The van der Waals surface area contributed by atoms with Crippen LogP contribution in [0.2, 0.25) is 0 Å². The minimum absolute atomic E-state index is 0.0571. The van der Waals surface area contributed by atoms with Crippen molar-refractivity contribution in [3.63, 3.8) is 0 Å². The predicted molar refractivity (Wildman–Crippen MR) is 115 cm³/mol. The Morgan fingerprint density at radius 3 is 2.39 bits per heavy atom. The molecule has 0 bridgehead atoms. The van der Waals surface area contributed by atoms with Gasteiger partial charge in [-0.1, -0.05) is 38.0 Å². The van der Waals surface area contributed by atoms with E-state index in [1.807, 2.05) is 39.0 Å². The number of amides is 3. The van der Waals surface area contributed by atoms with Crippen molar-refractivity contribution >= 4 is 11.9 Å². The lowest BCUT2D eigenvalue weighted by Gasteiger charge is -2.27. The van der Waals surface area contributed by atoms with Gasteiger partial charge in [-0.25, -0.2) is 9.18 Å². The molecular formula is C24H29FN2O4. The third-order valence-corrected chi connectivity index (χ3v) is 5.45. The maximum atomic E-state index is 13.4. The Morgan fingerprint density at radius 1 is 1.13 bits per heavy atom. The fourth-order valence-corrected chi connectivity index (χ4v) is 3.95. The van der Waals surface area contributed by atoms with Crippen LogP contribution >= 0.6 is 0 Å². The number of halogens is 1. The highest BCUT2D eigenvalue weighted by Gasteiger charge is 2.52. The highest BCUT2D eigenvalue weighted by Crippen LogP contribution is 2.34. The first-order chi connectivity index (χ1) is 14.7. The average Bonchev–Trinajstić information content (AvgIpc) is 2.95. The van der Waals surface area contributed by atoms with Gasteiger partial charge in [-0.2, -0.15) is 0 Å². The van der Waals surface area contributed by atoms with E-state index in [1.54, 1.807) is 0 Å². The molecule has 0 spiro atoms. The van der Waals surface area contributed by atoms with Crippen molar-refractivity contribution in [2.24, 2.45) is 0 Å². The Labute approximate surface area is 182 Å². The van der Waals surface area contributed by atoms with Crippen LogP contribution in [0.1, 0.15) is 42.9 Å². The molecule has 31 heavy (non-hydrogen) atoms. The molecular weight excluding hydrogens is 399 g/mol. The first-order valence-corrected chi connectivity index (χ1v) is 10.5. The number of urea groups is 1. The van der Waals surface area contributed by atoms with Crippen LogP contribution in [0, 0.1) is 19.7 Å². The van der Waals surface area contributed by atoms with Gasteiger partial charge >= 0.3 is 6.03 Å². The molecule has 1 fully saturated rings. The molecule has 166 valence electrons. The third-order valence-electron chi connectivity index (χ3n) is 5.45. The number of carbonyl (C=O) groups is 2. The lowest BCUT2D eigenvalue weighted by atomic mass is 9.84. The fourth-order valence-electron chi connectivity index (χ4n) is 3.95. The summed E-state index contributed by atoms with van der Waals surface area (Å²) in [6, 6.07) is 10.8. The summed E-state index contributed by atoms with van der Waals surface area (Å²) in [6.45, 7) is 5.65. The molecule has 2 aromatic carbocycles. The van der Waals surface area contributed by atoms with Crippen molar-refractivity contribution in [1.82, 2.24) is 10.2 Å². The molecule has 3 rings (SSSR count). The van der Waals surface area contributed by atoms with Crippen molar-refractivity contribution in [2.45, 2.75) is 51.7 Å². The predicted octanol–water partition coefficient (Wildman–Crippen LogP) is 3.82. The van der Waals surface area contributed by atoms with Crippen molar-refractivity contribution in [2.75, 3.05) is 13.2 Å². The number of β-amino-alcohol motifs (C(OH)–C–C–N with tert-alkyl or cyclic N) is 1. The topological polar surface area (TPSA) is 78.9 Å². The Bertz CT molecular complexity index is 927. The van der Waals surface area contributed by atoms with Gasteiger partial charge in [0, 0.05) is 0 Å². The van der Waals surface area contributed by atoms with Crippen LogP contribution in [0.15, 0.2) is 42.5 Å². The highest BCUT2D eigenvalue weighted by molar-refractivity contribution is 6.07. The zero-order chi connectivity index (χ0) is 22.6. The molecule has 1 saturated heterocycles. The van der Waals surface area contributed by atoms with E-state index in [0.29, 0.717) is 24.2 Å². The maximum absolute atomic E-state index is 13.4. The Morgan fingerprint density at radius 2 is 1.77 bits per heavy atom. The van der Waals surface area contributed by atoms with E-state index < -0.39 is 29.4 Å². The highest BCUT2D eigenvalue weighted by atomic mass is 19.1. The summed E-state index contributed by atoms with van der Waals surface area (Å²) in [7, 11) is 0. The number of aliphatic hydroxyl groups excluding tert-OH is 1. The van der Waals surface area contributed by atoms with Crippen molar-refractivity contribution in [3.05, 3.63) is 65.0 Å². The molecule has 0 aromatic heterocycles. The van der Waals surface area contributed by atoms with Gasteiger partial charge in [0.25, 0.3) is 5.91 Å². The Kier molecular flexibility index (Phi) is 6.95. The number of nitrogens with one attached hydrogen (secondary N) is 1. The lowest BCUT2D eigenvalue weighted by Crippen LogP contribution is -2.45. The molecule has 3 amide bonds. The van der Waals surface area contributed by atoms with Gasteiger partial charge in [-0.3, -0.25) is 9.69 Å². The molecule has 0 radical (unpaired) electrons. The molecule has 2 unspecified atom stereocenters. The molecule has 7 heteroatoms. The van der Waals surface area contributed by atoms with E-state index in [9.17, 15) is 19.1 Å². The van der Waals surface area contributed by atoms with E-state index in [-0.39, 0.29) is 13.2 Å². The number of ether oxygens (including phenoxy) is 1. The summed E-state index contributed by atoms with van der Waals surface area (Å²) in [5, 5.41) is 13.2. The number of benzene rings is 2. The number of nitrogens with zero attached hydrogens (tertiary/aromatic N) is 1. The normalized spacial score (nSPS) is 19.5. The molecule has 2 N–H and O–H groups in total. The van der Waals surface area contributed by atoms with Crippen molar-refractivity contribution in [1.29, 1.82) is 0 Å². The standard InChI is InChI=1S/C24H29FN2O4/c1-4-5-10-24(18-6-8-19(25)9-7-18)22(29)27(23(30)26-24)14-20(28)15-31-21-12-16(2)11-17(3)13-21/h6-9,11-13,20,28H,4-5,10,14-15H2,1-3H3,(H,26,30). The number of aryl methyl sites for hydroxylation is 2. The minimum atomic E-state index is -1.25. The van der Waals surface area contributed by atoms with Crippen LogP contribution in [0.5, 0.6) is 5.75 Å². The molecule has 2 aromatic rings. The SMILES string of the molecule is CCCCC1(c2ccc(F)cc2)NC(=O)N(CC(O)COc2cc(C)cc(C)c2)C1=O. The van der Waals surface area contributed by atoms with Crippen LogP contribution in [0.25, 0.3) is 0 Å². The third kappa shape index (κ3) is 5.05. The molecule has 1 heterocycles. The maximum Gasteiger partial charge on any atom is 0.325 e. The monoisotopic (exact) mass is 428 g/mol. The number of unbranched alkanes of at least 4 members (excludes halogenated alkanes) is 1. The van der Waals surface area contributed by atoms with Crippen LogP contribution in [0.3, 0.4) is 0 Å². The second-order valence-electron chi connectivity index (χ2n) is 8.15. The number of hydrogen-bond acceptors (Lipinski definition) is 4. The van der Waals surface area contributed by atoms with Gasteiger partial charge in [-0.15, -0.1) is 0 Å².